The number of hydrogen-bond donors (Lipinski definition) is 1. The molecule has 1 N–H and O–H groups in total. The van der Waals surface area contributed by atoms with E-state index in [9.17, 15) is 13.2 Å². The van der Waals surface area contributed by atoms with E-state index in [0.717, 1.165) is 44.0 Å². The van der Waals surface area contributed by atoms with E-state index in [-0.39, 0.29) is 0 Å². The van der Waals surface area contributed by atoms with Gasteiger partial charge in [0.1, 0.15) is 0 Å². The first kappa shape index (κ1) is 24.9. The fourth-order valence-electron chi connectivity index (χ4n) is 4.14. The molecule has 9 nitrogen and oxygen atoms in total. The molecule has 0 aromatic carbocycles. The number of aromatic nitrogens is 4. The highest BCUT2D eigenvalue weighted by Gasteiger charge is 2.43. The number of fused-ring (bicyclic) bond motifs is 1. The van der Waals surface area contributed by atoms with Crippen molar-refractivity contribution in [1.29, 1.82) is 0 Å². The summed E-state index contributed by atoms with van der Waals surface area (Å²) in [6, 6.07) is 4.52. The molecule has 2 aromatic rings. The maximum Gasteiger partial charge on any atom is 0.490 e. The lowest BCUT2D eigenvalue weighted by molar-refractivity contribution is -0.192. The second-order valence-electron chi connectivity index (χ2n) is 8.31. The maximum atomic E-state index is 10.6. The van der Waals surface area contributed by atoms with Gasteiger partial charge in [0.05, 0.1) is 30.7 Å². The van der Waals surface area contributed by atoms with Gasteiger partial charge in [-0.3, -0.25) is 9.58 Å². The zero-order valence-corrected chi connectivity index (χ0v) is 18.7. The predicted molar refractivity (Wildman–Crippen MR) is 111 cm³/mol. The average Bonchev–Trinajstić information content (AvgIpc) is 3.37. The Hall–Kier alpha value is -2.73. The minimum Gasteiger partial charge on any atom is -0.475 e. The molecular formula is C21H28F3N5O4. The van der Waals surface area contributed by atoms with E-state index < -0.39 is 12.1 Å². The standard InChI is InChI=1S/C19H27N5O2.C2HF3O2/c1-13-4-6-20-19(21-13)25-7-5-15-12-26-18-11-24(10-17(15)18)9-16-8-14(2)22-23(16)3;3-2(4,5)1(6)7/h4,6,8,15,17-18H,5,7,9-12H2,1-3H3;(H,6,7)/t15-,17-,18-;/m0./s1. The number of carboxylic acids is 1. The minimum atomic E-state index is -5.08. The Morgan fingerprint density at radius 3 is 2.64 bits per heavy atom. The molecule has 33 heavy (non-hydrogen) atoms. The van der Waals surface area contributed by atoms with Crippen LogP contribution in [0.3, 0.4) is 0 Å². The highest BCUT2D eigenvalue weighted by molar-refractivity contribution is 5.73. The van der Waals surface area contributed by atoms with Crippen LogP contribution in [0.1, 0.15) is 23.5 Å². The maximum absolute atomic E-state index is 10.6. The Labute approximate surface area is 189 Å². The van der Waals surface area contributed by atoms with Crippen LogP contribution in [0.4, 0.5) is 13.2 Å². The van der Waals surface area contributed by atoms with Crippen LogP contribution in [-0.2, 0) is 23.1 Å². The van der Waals surface area contributed by atoms with Crippen LogP contribution in [0.15, 0.2) is 18.3 Å². The van der Waals surface area contributed by atoms with Gasteiger partial charge in [0, 0.05) is 44.5 Å². The monoisotopic (exact) mass is 471 g/mol. The van der Waals surface area contributed by atoms with Gasteiger partial charge in [0.2, 0.25) is 0 Å². The van der Waals surface area contributed by atoms with Crippen molar-refractivity contribution in [3.63, 3.8) is 0 Å². The van der Waals surface area contributed by atoms with Crippen molar-refractivity contribution in [3.05, 3.63) is 35.4 Å². The SMILES string of the molecule is Cc1ccnc(OCC[C@H]2CO[C@H]3CN(Cc4cc(C)nn4C)C[C@@H]23)n1.O=C(O)C(F)(F)F. The number of halogens is 3. The molecule has 0 bridgehead atoms. The molecule has 2 saturated heterocycles. The van der Waals surface area contributed by atoms with Crippen LogP contribution in [0.2, 0.25) is 0 Å². The molecule has 2 aromatic heterocycles. The lowest BCUT2D eigenvalue weighted by Crippen LogP contribution is -2.25. The molecule has 0 radical (unpaired) electrons. The van der Waals surface area contributed by atoms with Crippen LogP contribution in [0.5, 0.6) is 6.01 Å². The van der Waals surface area contributed by atoms with Gasteiger partial charge in [-0.05, 0) is 38.3 Å². The normalized spacial score (nSPS) is 22.5. The summed E-state index contributed by atoms with van der Waals surface area (Å²) in [6.45, 7) is 8.50. The summed E-state index contributed by atoms with van der Waals surface area (Å²) in [7, 11) is 2.02. The number of rotatable bonds is 6. The van der Waals surface area contributed by atoms with Crippen LogP contribution >= 0.6 is 0 Å². The van der Waals surface area contributed by atoms with E-state index in [1.54, 1.807) is 6.20 Å². The number of ether oxygens (including phenoxy) is 2. The highest BCUT2D eigenvalue weighted by Crippen LogP contribution is 2.36. The largest absolute Gasteiger partial charge is 0.490 e. The third-order valence-corrected chi connectivity index (χ3v) is 5.73. The third-order valence-electron chi connectivity index (χ3n) is 5.73. The topological polar surface area (TPSA) is 103 Å². The Morgan fingerprint density at radius 2 is 2.03 bits per heavy atom. The molecule has 4 heterocycles. The number of aliphatic carboxylic acids is 1. The molecule has 2 fully saturated rings. The van der Waals surface area contributed by atoms with Crippen molar-refractivity contribution in [2.24, 2.45) is 18.9 Å². The molecule has 3 atom stereocenters. The molecule has 0 amide bonds. The zero-order chi connectivity index (χ0) is 24.2. The van der Waals surface area contributed by atoms with Gasteiger partial charge >= 0.3 is 18.2 Å². The molecule has 0 unspecified atom stereocenters. The molecule has 0 saturated carbocycles. The van der Waals surface area contributed by atoms with E-state index in [0.29, 0.717) is 30.6 Å². The van der Waals surface area contributed by atoms with Gasteiger partial charge in [-0.1, -0.05) is 0 Å². The third kappa shape index (κ3) is 6.87. The Balaban J connectivity index is 0.000000383. The number of likely N-dealkylation sites (tertiary alicyclic amines) is 1. The molecule has 4 rings (SSSR count). The van der Waals surface area contributed by atoms with Crippen molar-refractivity contribution in [3.8, 4) is 6.01 Å². The van der Waals surface area contributed by atoms with Gasteiger partial charge in [-0.2, -0.15) is 18.3 Å². The molecule has 0 spiro atoms. The number of nitrogens with zero attached hydrogens (tertiary/aromatic N) is 5. The van der Waals surface area contributed by atoms with Crippen LogP contribution in [-0.4, -0.2) is 74.3 Å². The van der Waals surface area contributed by atoms with E-state index in [1.807, 2.05) is 31.6 Å². The van der Waals surface area contributed by atoms with Crippen LogP contribution in [0, 0.1) is 25.7 Å². The number of hydrogen-bond acceptors (Lipinski definition) is 7. The van der Waals surface area contributed by atoms with Gasteiger partial charge in [-0.15, -0.1) is 0 Å². The van der Waals surface area contributed by atoms with E-state index in [2.05, 4.69) is 26.0 Å². The molecule has 182 valence electrons. The second kappa shape index (κ2) is 10.5. The number of carboxylic acid groups (broad SMARTS) is 1. The van der Waals surface area contributed by atoms with Gasteiger partial charge in [0.15, 0.2) is 0 Å². The zero-order valence-electron chi connectivity index (χ0n) is 18.7. The minimum absolute atomic E-state index is 0.351. The summed E-state index contributed by atoms with van der Waals surface area (Å²) in [5, 5.41) is 11.6. The molecule has 2 aliphatic rings. The molecule has 2 aliphatic heterocycles. The van der Waals surface area contributed by atoms with Crippen molar-refractivity contribution < 1.29 is 32.5 Å². The Morgan fingerprint density at radius 1 is 1.30 bits per heavy atom. The molecule has 12 heteroatoms. The summed E-state index contributed by atoms with van der Waals surface area (Å²) in [6.07, 6.45) is -2.01. The quantitative estimate of drug-likeness (QED) is 0.685. The lowest BCUT2D eigenvalue weighted by atomic mass is 9.91. The van der Waals surface area contributed by atoms with Crippen molar-refractivity contribution >= 4 is 5.97 Å². The first-order valence-electron chi connectivity index (χ1n) is 10.6. The van der Waals surface area contributed by atoms with Gasteiger partial charge < -0.3 is 14.6 Å². The fourth-order valence-corrected chi connectivity index (χ4v) is 4.14. The summed E-state index contributed by atoms with van der Waals surface area (Å²) in [5.41, 5.74) is 3.27. The number of alkyl halides is 3. The molecule has 0 aliphatic carbocycles. The summed E-state index contributed by atoms with van der Waals surface area (Å²) in [4.78, 5) is 19.8. The Bertz CT molecular complexity index is 952. The van der Waals surface area contributed by atoms with Crippen molar-refractivity contribution in [2.75, 3.05) is 26.3 Å². The van der Waals surface area contributed by atoms with Gasteiger partial charge in [-0.25, -0.2) is 14.8 Å². The summed E-state index contributed by atoms with van der Waals surface area (Å²) < 4.78 is 45.5. The fraction of sp³-hybridized carbons (Fsp3) is 0.619. The molecular weight excluding hydrogens is 443 g/mol. The summed E-state index contributed by atoms with van der Waals surface area (Å²) in [5.74, 6) is -1.62. The first-order chi connectivity index (χ1) is 15.5. The van der Waals surface area contributed by atoms with Crippen LogP contribution in [0.25, 0.3) is 0 Å². The van der Waals surface area contributed by atoms with E-state index >= 15 is 0 Å². The predicted octanol–water partition coefficient (Wildman–Crippen LogP) is 2.38. The second-order valence-corrected chi connectivity index (χ2v) is 8.31. The highest BCUT2D eigenvalue weighted by atomic mass is 19.4. The lowest BCUT2D eigenvalue weighted by Gasteiger charge is -2.19. The van der Waals surface area contributed by atoms with E-state index in [1.165, 1.54) is 5.69 Å². The average molecular weight is 471 g/mol. The van der Waals surface area contributed by atoms with Crippen molar-refractivity contribution in [1.82, 2.24) is 24.6 Å². The van der Waals surface area contributed by atoms with Crippen molar-refractivity contribution in [2.45, 2.75) is 39.1 Å². The van der Waals surface area contributed by atoms with E-state index in [4.69, 9.17) is 19.4 Å². The smallest absolute Gasteiger partial charge is 0.475 e. The van der Waals surface area contributed by atoms with Gasteiger partial charge in [0.25, 0.3) is 0 Å². The Kier molecular flexibility index (Phi) is 7.90. The first-order valence-corrected chi connectivity index (χ1v) is 10.6. The summed E-state index contributed by atoms with van der Waals surface area (Å²) >= 11 is 0. The number of carbonyl (C=O) groups is 1. The van der Waals surface area contributed by atoms with Crippen LogP contribution < -0.4 is 4.74 Å². The number of aryl methyl sites for hydroxylation is 3.